The number of hydrogen-bond donors (Lipinski definition) is 1. The number of rotatable bonds is 6. The van der Waals surface area contributed by atoms with E-state index in [1.165, 1.54) is 0 Å². The molecule has 10 heteroatoms. The van der Waals surface area contributed by atoms with E-state index in [0.29, 0.717) is 23.9 Å². The molecule has 1 aliphatic heterocycles. The lowest BCUT2D eigenvalue weighted by Crippen LogP contribution is -2.44. The number of piperidine rings is 1. The van der Waals surface area contributed by atoms with Gasteiger partial charge < -0.3 is 15.0 Å². The van der Waals surface area contributed by atoms with E-state index in [1.54, 1.807) is 23.1 Å². The molecule has 1 aliphatic carbocycles. The summed E-state index contributed by atoms with van der Waals surface area (Å²) in [5.74, 6) is -3.68. The highest BCUT2D eigenvalue weighted by Gasteiger charge is 2.43. The van der Waals surface area contributed by atoms with E-state index >= 15 is 0 Å². The predicted molar refractivity (Wildman–Crippen MR) is 135 cm³/mol. The topological polar surface area (TPSA) is 75.7 Å². The third-order valence-electron chi connectivity index (χ3n) is 7.13. The quantitative estimate of drug-likeness (QED) is 0.372. The molecule has 0 radical (unpaired) electrons. The molecule has 1 aromatic carbocycles. The lowest BCUT2D eigenvalue weighted by Gasteiger charge is -2.34. The minimum absolute atomic E-state index is 0.126. The molecule has 0 spiro atoms. The number of nitrogens with zero attached hydrogens (tertiary/aromatic N) is 1. The van der Waals surface area contributed by atoms with Crippen LogP contribution in [0.25, 0.3) is 10.4 Å². The predicted octanol–water partition coefficient (Wildman–Crippen LogP) is 5.82. The number of ether oxygens (including phenoxy) is 1. The summed E-state index contributed by atoms with van der Waals surface area (Å²) < 4.78 is 42.8. The molecule has 2 fully saturated rings. The first-order valence-corrected chi connectivity index (χ1v) is 13.5. The monoisotopic (exact) mass is 536 g/mol. The van der Waals surface area contributed by atoms with Crippen LogP contribution in [0.3, 0.4) is 0 Å². The number of carbonyl (C=O) groups is 3. The highest BCUT2D eigenvalue weighted by atomic mass is 32.1. The number of anilines is 1. The van der Waals surface area contributed by atoms with Gasteiger partial charge in [0.15, 0.2) is 0 Å². The van der Waals surface area contributed by atoms with Crippen molar-refractivity contribution in [3.05, 3.63) is 41.3 Å². The van der Waals surface area contributed by atoms with Crippen molar-refractivity contribution in [2.75, 3.05) is 24.5 Å². The van der Waals surface area contributed by atoms with Gasteiger partial charge in [0.1, 0.15) is 4.88 Å². The van der Waals surface area contributed by atoms with Gasteiger partial charge in [-0.05, 0) is 75.1 Å². The first-order valence-electron chi connectivity index (χ1n) is 12.7. The molecule has 1 N–H and O–H groups in total. The van der Waals surface area contributed by atoms with Crippen LogP contribution in [-0.2, 0) is 14.3 Å². The molecule has 2 aliphatic rings. The summed E-state index contributed by atoms with van der Waals surface area (Å²) in [4.78, 5) is 40.3. The number of benzene rings is 1. The van der Waals surface area contributed by atoms with E-state index in [1.807, 2.05) is 18.2 Å². The molecule has 1 aromatic heterocycles. The highest BCUT2D eigenvalue weighted by molar-refractivity contribution is 7.18. The van der Waals surface area contributed by atoms with Crippen molar-refractivity contribution in [1.29, 1.82) is 0 Å². The van der Waals surface area contributed by atoms with E-state index in [-0.39, 0.29) is 28.3 Å². The number of alkyl halides is 3. The van der Waals surface area contributed by atoms with Gasteiger partial charge in [-0.25, -0.2) is 9.59 Å². The van der Waals surface area contributed by atoms with Gasteiger partial charge in [-0.15, -0.1) is 11.3 Å². The van der Waals surface area contributed by atoms with E-state index in [9.17, 15) is 27.6 Å². The lowest BCUT2D eigenvalue weighted by molar-refractivity contribution is -0.193. The van der Waals surface area contributed by atoms with Crippen molar-refractivity contribution in [1.82, 2.24) is 5.32 Å². The van der Waals surface area contributed by atoms with Crippen LogP contribution in [0.1, 0.15) is 55.1 Å². The molecule has 37 heavy (non-hydrogen) atoms. The smallest absolute Gasteiger partial charge is 0.382 e. The first kappa shape index (κ1) is 27.3. The highest BCUT2D eigenvalue weighted by Crippen LogP contribution is 2.40. The van der Waals surface area contributed by atoms with Crippen molar-refractivity contribution < 1.29 is 32.3 Å². The molecule has 2 aromatic rings. The van der Waals surface area contributed by atoms with E-state index in [4.69, 9.17) is 0 Å². The Morgan fingerprint density at radius 3 is 2.41 bits per heavy atom. The first-order chi connectivity index (χ1) is 17.6. The number of nitrogens with one attached hydrogen (secondary N) is 1. The van der Waals surface area contributed by atoms with Gasteiger partial charge in [-0.1, -0.05) is 37.3 Å². The molecule has 4 rings (SSSR count). The summed E-state index contributed by atoms with van der Waals surface area (Å²) in [5, 5.41) is 3.33. The Balaban J connectivity index is 1.73. The maximum Gasteiger partial charge on any atom is 0.491 e. The summed E-state index contributed by atoms with van der Waals surface area (Å²) in [6.45, 7) is 4.07. The summed E-state index contributed by atoms with van der Waals surface area (Å²) in [5.41, 5.74) is 0.950. The zero-order valence-corrected chi connectivity index (χ0v) is 21.5. The Kier molecular flexibility index (Phi) is 8.69. The number of hydrogen-bond acceptors (Lipinski definition) is 6. The van der Waals surface area contributed by atoms with Crippen molar-refractivity contribution in [3.8, 4) is 10.4 Å². The average Bonchev–Trinajstić information content (AvgIpc) is 3.33. The molecule has 1 amide bonds. The maximum atomic E-state index is 13.9. The normalized spacial score (nSPS) is 22.3. The fraction of sp³-hybridized carbons (Fsp3) is 0.519. The van der Waals surface area contributed by atoms with Gasteiger partial charge >= 0.3 is 18.1 Å². The number of thiophene rings is 1. The molecule has 1 saturated carbocycles. The van der Waals surface area contributed by atoms with E-state index in [2.05, 4.69) is 17.0 Å². The number of esters is 2. The summed E-state index contributed by atoms with van der Waals surface area (Å²) in [6, 6.07) is 10.7. The van der Waals surface area contributed by atoms with E-state index < -0.39 is 18.1 Å². The van der Waals surface area contributed by atoms with Crippen LogP contribution in [0.4, 0.5) is 18.9 Å². The molecular weight excluding hydrogens is 505 g/mol. The van der Waals surface area contributed by atoms with Gasteiger partial charge in [0.05, 0.1) is 5.69 Å². The number of carbonyl (C=O) groups excluding carboxylic acids is 3. The van der Waals surface area contributed by atoms with Crippen LogP contribution >= 0.6 is 11.3 Å². The van der Waals surface area contributed by atoms with E-state index in [0.717, 1.165) is 62.0 Å². The molecule has 2 heterocycles. The van der Waals surface area contributed by atoms with Gasteiger partial charge in [0.2, 0.25) is 5.91 Å². The Labute approximate surface area is 218 Å². The average molecular weight is 537 g/mol. The van der Waals surface area contributed by atoms with Crippen molar-refractivity contribution in [2.45, 2.75) is 51.6 Å². The standard InChI is InChI=1S/C27H31F3N2O4S/c1-17-9-11-20(12-10-17)24(33)32(16-18-6-5-13-31-15-18)21-14-22(19-7-3-2-4-8-19)37-23(21)25(34)36-26(35)27(28,29)30/h2-4,7-8,14,17-18,20,31H,5-6,9-13,15-16H2,1H3. The molecular formula is C27H31F3N2O4S. The van der Waals surface area contributed by atoms with Crippen molar-refractivity contribution in [3.63, 3.8) is 0 Å². The second-order valence-corrected chi connectivity index (χ2v) is 11.0. The summed E-state index contributed by atoms with van der Waals surface area (Å²) in [7, 11) is 0. The van der Waals surface area contributed by atoms with Crippen LogP contribution in [0, 0.1) is 17.8 Å². The summed E-state index contributed by atoms with van der Waals surface area (Å²) in [6.07, 6.45) is -0.186. The number of halogens is 3. The van der Waals surface area contributed by atoms with Gasteiger partial charge in [-0.2, -0.15) is 13.2 Å². The summed E-state index contributed by atoms with van der Waals surface area (Å²) >= 11 is 0.925. The lowest BCUT2D eigenvalue weighted by atomic mass is 9.82. The third kappa shape index (κ3) is 6.78. The Morgan fingerprint density at radius 1 is 1.08 bits per heavy atom. The molecule has 1 unspecified atom stereocenters. The molecule has 200 valence electrons. The van der Waals surface area contributed by atoms with Crippen molar-refractivity contribution >= 4 is 34.9 Å². The fourth-order valence-corrected chi connectivity index (χ4v) is 6.08. The number of amides is 1. The minimum Gasteiger partial charge on any atom is -0.382 e. The van der Waals surface area contributed by atoms with Gasteiger partial charge in [0.25, 0.3) is 0 Å². The van der Waals surface area contributed by atoms with Crippen molar-refractivity contribution in [2.24, 2.45) is 17.8 Å². The largest absolute Gasteiger partial charge is 0.491 e. The molecule has 1 saturated heterocycles. The maximum absolute atomic E-state index is 13.9. The minimum atomic E-state index is -5.31. The zero-order valence-electron chi connectivity index (χ0n) is 20.7. The Hall–Kier alpha value is -2.72. The Bertz CT molecular complexity index is 1100. The zero-order chi connectivity index (χ0) is 26.6. The second-order valence-electron chi connectivity index (χ2n) is 9.98. The van der Waals surface area contributed by atoms with Crippen LogP contribution in [0.5, 0.6) is 0 Å². The van der Waals surface area contributed by atoms with Crippen LogP contribution in [-0.4, -0.2) is 43.7 Å². The van der Waals surface area contributed by atoms with Gasteiger partial charge in [0, 0.05) is 17.3 Å². The van der Waals surface area contributed by atoms with Gasteiger partial charge in [-0.3, -0.25) is 4.79 Å². The van der Waals surface area contributed by atoms with Crippen LogP contribution < -0.4 is 10.2 Å². The third-order valence-corrected chi connectivity index (χ3v) is 8.29. The van der Waals surface area contributed by atoms with Crippen LogP contribution in [0.2, 0.25) is 0 Å². The van der Waals surface area contributed by atoms with Crippen LogP contribution in [0.15, 0.2) is 36.4 Å². The molecule has 6 nitrogen and oxygen atoms in total. The molecule has 0 bridgehead atoms. The SMILES string of the molecule is CC1CCC(C(=O)N(CC2CCCNC2)c2cc(-c3ccccc3)sc2C(=O)OC(=O)C(F)(F)F)CC1. The second kappa shape index (κ2) is 11.8. The fourth-order valence-electron chi connectivity index (χ4n) is 5.03. The Morgan fingerprint density at radius 2 is 1.78 bits per heavy atom. The molecule has 1 atom stereocenters.